The van der Waals surface area contributed by atoms with Crippen LogP contribution in [0.25, 0.3) is 0 Å². The molecule has 2 aromatic rings. The van der Waals surface area contributed by atoms with Gasteiger partial charge < -0.3 is 14.6 Å². The zero-order chi connectivity index (χ0) is 15.2. The lowest BCUT2D eigenvalue weighted by Crippen LogP contribution is -2.22. The van der Waals surface area contributed by atoms with Crippen LogP contribution in [0.3, 0.4) is 0 Å². The summed E-state index contributed by atoms with van der Waals surface area (Å²) in [6, 6.07) is 11.7. The number of carbonyl (C=O) groups is 1. The minimum atomic E-state index is -1.03. The van der Waals surface area contributed by atoms with Crippen molar-refractivity contribution in [2.45, 2.75) is 13.0 Å². The van der Waals surface area contributed by atoms with Crippen molar-refractivity contribution in [1.29, 1.82) is 5.26 Å². The Kier molecular flexibility index (Phi) is 4.36. The van der Waals surface area contributed by atoms with Crippen LogP contribution in [-0.2, 0) is 4.79 Å². The van der Waals surface area contributed by atoms with Gasteiger partial charge in [0.15, 0.2) is 6.10 Å². The largest absolute Gasteiger partial charge is 0.479 e. The third kappa shape index (κ3) is 3.94. The molecule has 0 aliphatic rings. The molecule has 21 heavy (non-hydrogen) atoms. The Morgan fingerprint density at radius 2 is 1.90 bits per heavy atom. The fourth-order valence-electron chi connectivity index (χ4n) is 1.47. The minimum Gasteiger partial charge on any atom is -0.479 e. The minimum absolute atomic E-state index is 0.363. The van der Waals surface area contributed by atoms with Crippen LogP contribution in [0, 0.1) is 11.3 Å². The third-order valence-corrected chi connectivity index (χ3v) is 2.57. The number of hydrogen-bond donors (Lipinski definition) is 1. The number of aliphatic carboxylic acids is 1. The van der Waals surface area contributed by atoms with Crippen LogP contribution in [0.5, 0.6) is 17.4 Å². The fourth-order valence-corrected chi connectivity index (χ4v) is 1.47. The molecule has 0 aliphatic carbocycles. The molecule has 6 nitrogen and oxygen atoms in total. The van der Waals surface area contributed by atoms with E-state index >= 15 is 0 Å². The molecule has 106 valence electrons. The van der Waals surface area contributed by atoms with Gasteiger partial charge in [-0.25, -0.2) is 9.78 Å². The van der Waals surface area contributed by atoms with Crippen molar-refractivity contribution in [2.24, 2.45) is 0 Å². The second kappa shape index (κ2) is 6.39. The lowest BCUT2D eigenvalue weighted by Gasteiger charge is -2.10. The average Bonchev–Trinajstić information content (AvgIpc) is 2.50. The highest BCUT2D eigenvalue weighted by Gasteiger charge is 2.12. The van der Waals surface area contributed by atoms with Gasteiger partial charge in [0.2, 0.25) is 5.88 Å². The maximum absolute atomic E-state index is 10.7. The molecule has 1 heterocycles. The van der Waals surface area contributed by atoms with Gasteiger partial charge in [-0.15, -0.1) is 0 Å². The fraction of sp³-hybridized carbons (Fsp3) is 0.133. The number of benzene rings is 1. The Morgan fingerprint density at radius 1 is 1.24 bits per heavy atom. The zero-order valence-corrected chi connectivity index (χ0v) is 11.2. The number of rotatable bonds is 5. The number of nitriles is 1. The summed E-state index contributed by atoms with van der Waals surface area (Å²) < 4.78 is 10.7. The topological polar surface area (TPSA) is 92.4 Å². The Hall–Kier alpha value is -3.07. The first kappa shape index (κ1) is 14.3. The smallest absolute Gasteiger partial charge is 0.344 e. The van der Waals surface area contributed by atoms with E-state index in [0.717, 1.165) is 0 Å². The van der Waals surface area contributed by atoms with Gasteiger partial charge in [-0.05, 0) is 37.3 Å². The van der Waals surface area contributed by atoms with Crippen molar-refractivity contribution < 1.29 is 19.4 Å². The Bertz CT molecular complexity index is 660. The molecule has 1 aromatic carbocycles. The van der Waals surface area contributed by atoms with Crippen LogP contribution >= 0.6 is 0 Å². The van der Waals surface area contributed by atoms with E-state index in [0.29, 0.717) is 22.9 Å². The van der Waals surface area contributed by atoms with Crippen molar-refractivity contribution in [3.8, 4) is 23.4 Å². The van der Waals surface area contributed by atoms with Crippen LogP contribution in [0.15, 0.2) is 42.6 Å². The third-order valence-electron chi connectivity index (χ3n) is 2.57. The first-order valence-corrected chi connectivity index (χ1v) is 6.12. The van der Waals surface area contributed by atoms with Crippen LogP contribution in [0.4, 0.5) is 0 Å². The standard InChI is InChI=1S/C15H12N2O4/c1-10(15(18)19)20-12-3-5-13(6-4-12)21-14-7-2-11(8-16)9-17-14/h2-7,9-10H,1H3,(H,18,19). The predicted molar refractivity (Wildman–Crippen MR) is 73.2 cm³/mol. The van der Waals surface area contributed by atoms with E-state index in [-0.39, 0.29) is 0 Å². The van der Waals surface area contributed by atoms with Crippen molar-refractivity contribution in [3.63, 3.8) is 0 Å². The van der Waals surface area contributed by atoms with Crippen LogP contribution in [-0.4, -0.2) is 22.2 Å². The number of pyridine rings is 1. The van der Waals surface area contributed by atoms with E-state index in [9.17, 15) is 4.79 Å². The molecule has 1 atom stereocenters. The Balaban J connectivity index is 2.01. The normalized spacial score (nSPS) is 11.2. The lowest BCUT2D eigenvalue weighted by atomic mass is 10.3. The molecule has 0 saturated heterocycles. The zero-order valence-electron chi connectivity index (χ0n) is 11.2. The second-order valence-electron chi connectivity index (χ2n) is 4.17. The first-order chi connectivity index (χ1) is 10.1. The summed E-state index contributed by atoms with van der Waals surface area (Å²) in [4.78, 5) is 14.7. The Labute approximate surface area is 121 Å². The maximum Gasteiger partial charge on any atom is 0.344 e. The molecule has 1 unspecified atom stereocenters. The van der Waals surface area contributed by atoms with E-state index < -0.39 is 12.1 Å². The number of carboxylic acids is 1. The van der Waals surface area contributed by atoms with Gasteiger partial charge >= 0.3 is 5.97 Å². The summed E-state index contributed by atoms with van der Waals surface area (Å²) in [5.74, 6) is 0.297. The molecule has 0 aliphatic heterocycles. The number of carboxylic acid groups (broad SMARTS) is 1. The molecule has 0 radical (unpaired) electrons. The molecular weight excluding hydrogens is 272 g/mol. The van der Waals surface area contributed by atoms with E-state index in [1.54, 1.807) is 36.4 Å². The van der Waals surface area contributed by atoms with Gasteiger partial charge in [-0.1, -0.05) is 0 Å². The molecule has 0 amide bonds. The average molecular weight is 284 g/mol. The summed E-state index contributed by atoms with van der Waals surface area (Å²) in [5.41, 5.74) is 0.453. The molecule has 1 N–H and O–H groups in total. The van der Waals surface area contributed by atoms with E-state index in [4.69, 9.17) is 19.8 Å². The summed E-state index contributed by atoms with van der Waals surface area (Å²) in [6.07, 6.45) is 0.499. The highest BCUT2D eigenvalue weighted by Crippen LogP contribution is 2.23. The quantitative estimate of drug-likeness (QED) is 0.907. The van der Waals surface area contributed by atoms with Crippen LogP contribution < -0.4 is 9.47 Å². The molecule has 0 spiro atoms. The molecular formula is C15H12N2O4. The second-order valence-corrected chi connectivity index (χ2v) is 4.17. The molecule has 0 fully saturated rings. The highest BCUT2D eigenvalue weighted by atomic mass is 16.5. The molecule has 0 bridgehead atoms. The molecule has 6 heteroatoms. The van der Waals surface area contributed by atoms with Crippen molar-refractivity contribution in [3.05, 3.63) is 48.2 Å². The van der Waals surface area contributed by atoms with Gasteiger partial charge in [0.05, 0.1) is 5.56 Å². The summed E-state index contributed by atoms with van der Waals surface area (Å²) >= 11 is 0. The lowest BCUT2D eigenvalue weighted by molar-refractivity contribution is -0.144. The van der Waals surface area contributed by atoms with Crippen LogP contribution in [0.1, 0.15) is 12.5 Å². The molecule has 0 saturated carbocycles. The highest BCUT2D eigenvalue weighted by molar-refractivity contribution is 5.72. The Morgan fingerprint density at radius 3 is 2.43 bits per heavy atom. The van der Waals surface area contributed by atoms with Gasteiger partial charge in [-0.3, -0.25) is 0 Å². The maximum atomic E-state index is 10.7. The van der Waals surface area contributed by atoms with Gasteiger partial charge in [0.25, 0.3) is 0 Å². The van der Waals surface area contributed by atoms with Gasteiger partial charge in [-0.2, -0.15) is 5.26 Å². The van der Waals surface area contributed by atoms with Crippen molar-refractivity contribution >= 4 is 5.97 Å². The summed E-state index contributed by atoms with van der Waals surface area (Å²) in [6.45, 7) is 1.45. The number of ether oxygens (including phenoxy) is 2. The van der Waals surface area contributed by atoms with E-state index in [2.05, 4.69) is 4.98 Å². The van der Waals surface area contributed by atoms with Crippen molar-refractivity contribution in [2.75, 3.05) is 0 Å². The number of nitrogens with zero attached hydrogens (tertiary/aromatic N) is 2. The molecule has 2 rings (SSSR count). The monoisotopic (exact) mass is 284 g/mol. The van der Waals surface area contributed by atoms with E-state index in [1.807, 2.05) is 6.07 Å². The summed E-state index contributed by atoms with van der Waals surface area (Å²) in [5, 5.41) is 17.4. The van der Waals surface area contributed by atoms with Gasteiger partial charge in [0.1, 0.15) is 17.6 Å². The predicted octanol–water partition coefficient (Wildman–Crippen LogP) is 2.60. The van der Waals surface area contributed by atoms with Gasteiger partial charge in [0, 0.05) is 12.3 Å². The van der Waals surface area contributed by atoms with E-state index in [1.165, 1.54) is 13.1 Å². The van der Waals surface area contributed by atoms with Crippen molar-refractivity contribution in [1.82, 2.24) is 4.98 Å². The SMILES string of the molecule is CC(Oc1ccc(Oc2ccc(C#N)cn2)cc1)C(=O)O. The van der Waals surface area contributed by atoms with Crippen LogP contribution in [0.2, 0.25) is 0 Å². The first-order valence-electron chi connectivity index (χ1n) is 6.12. The number of hydrogen-bond acceptors (Lipinski definition) is 5. The summed E-state index contributed by atoms with van der Waals surface area (Å²) in [7, 11) is 0. The number of aromatic nitrogens is 1. The molecule has 1 aromatic heterocycles.